The molecule has 0 aliphatic heterocycles. The number of aromatic nitrogens is 1. The van der Waals surface area contributed by atoms with Crippen LogP contribution in [0.25, 0.3) is 10.9 Å². The van der Waals surface area contributed by atoms with Crippen LogP contribution in [-0.2, 0) is 20.7 Å². The van der Waals surface area contributed by atoms with Crippen LogP contribution in [0.1, 0.15) is 37.0 Å². The summed E-state index contributed by atoms with van der Waals surface area (Å²) in [6.07, 6.45) is 0.679. The van der Waals surface area contributed by atoms with E-state index in [0.717, 1.165) is 33.5 Å². The molecule has 0 saturated heterocycles. The first-order valence-electron chi connectivity index (χ1n) is 8.16. The number of benzene rings is 1. The first-order valence-corrected chi connectivity index (χ1v) is 9.14. The largest absolute Gasteiger partial charge is 0.466 e. The lowest BCUT2D eigenvalue weighted by atomic mass is 10.0. The van der Waals surface area contributed by atoms with Crippen LogP contribution in [0.3, 0.4) is 0 Å². The van der Waals surface area contributed by atoms with Crippen LogP contribution in [0.15, 0.2) is 23.2 Å². The number of thioether (sulfide) groups is 1. The summed E-state index contributed by atoms with van der Waals surface area (Å²) >= 11 is 1.40. The molecule has 1 aromatic carbocycles. The third kappa shape index (κ3) is 4.35. The Bertz CT molecular complexity index is 771. The number of hydrogen-bond acceptors (Lipinski definition) is 5. The zero-order chi connectivity index (χ0) is 17.7. The van der Waals surface area contributed by atoms with Crippen molar-refractivity contribution in [3.8, 4) is 0 Å². The van der Waals surface area contributed by atoms with Gasteiger partial charge in [0, 0.05) is 5.39 Å². The molecule has 2 rings (SSSR count). The highest BCUT2D eigenvalue weighted by atomic mass is 32.2. The summed E-state index contributed by atoms with van der Waals surface area (Å²) in [6.45, 7) is 8.24. The van der Waals surface area contributed by atoms with Gasteiger partial charge >= 0.3 is 5.97 Å². The van der Waals surface area contributed by atoms with Crippen molar-refractivity contribution in [1.82, 2.24) is 4.98 Å². The molecular weight excluding hydrogens is 322 g/mol. The lowest BCUT2D eigenvalue weighted by Gasteiger charge is -2.11. The second-order valence-corrected chi connectivity index (χ2v) is 6.66. The zero-order valence-electron chi connectivity index (χ0n) is 14.6. The Morgan fingerprint density at radius 3 is 2.62 bits per heavy atom. The number of fused-ring (bicyclic) bond motifs is 1. The fourth-order valence-electron chi connectivity index (χ4n) is 2.46. The van der Waals surface area contributed by atoms with Crippen LogP contribution < -0.4 is 0 Å². The molecular formula is C19H23NO3S. The molecule has 0 N–H and O–H groups in total. The minimum absolute atomic E-state index is 0.136. The second kappa shape index (κ2) is 8.29. The molecule has 128 valence electrons. The average Bonchev–Trinajstić information content (AvgIpc) is 2.56. The number of esters is 1. The summed E-state index contributed by atoms with van der Waals surface area (Å²) in [6, 6.07) is 6.34. The van der Waals surface area contributed by atoms with Gasteiger partial charge in [-0.2, -0.15) is 0 Å². The topological polar surface area (TPSA) is 56.3 Å². The van der Waals surface area contributed by atoms with Crippen LogP contribution in [0.5, 0.6) is 0 Å². The number of aryl methyl sites for hydroxylation is 3. The summed E-state index contributed by atoms with van der Waals surface area (Å²) in [7, 11) is 0. The third-order valence-corrected chi connectivity index (χ3v) is 5.04. The van der Waals surface area contributed by atoms with Gasteiger partial charge in [-0.05, 0) is 49.9 Å². The molecule has 2 aromatic rings. The minimum atomic E-state index is -0.461. The second-order valence-electron chi connectivity index (χ2n) is 5.69. The number of ketones is 1. The molecule has 1 heterocycles. The van der Waals surface area contributed by atoms with E-state index in [0.29, 0.717) is 6.61 Å². The van der Waals surface area contributed by atoms with Crippen molar-refractivity contribution in [2.24, 2.45) is 0 Å². The van der Waals surface area contributed by atoms with Gasteiger partial charge in [0.05, 0.1) is 17.9 Å². The molecule has 0 amide bonds. The van der Waals surface area contributed by atoms with E-state index in [-0.39, 0.29) is 18.0 Å². The number of nitrogens with zero attached hydrogens (tertiary/aromatic N) is 1. The van der Waals surface area contributed by atoms with E-state index in [1.165, 1.54) is 17.3 Å². The fraction of sp³-hybridized carbons (Fsp3) is 0.421. The molecule has 0 atom stereocenters. The Hall–Kier alpha value is -1.88. The summed E-state index contributed by atoms with van der Waals surface area (Å²) in [5.41, 5.74) is 4.47. The Balaban J connectivity index is 2.20. The predicted molar refractivity (Wildman–Crippen MR) is 97.6 cm³/mol. The maximum Gasteiger partial charge on any atom is 0.313 e. The molecule has 0 radical (unpaired) electrons. The molecule has 0 bridgehead atoms. The van der Waals surface area contributed by atoms with Crippen molar-refractivity contribution in [2.75, 3.05) is 12.4 Å². The lowest BCUT2D eigenvalue weighted by molar-refractivity contribution is -0.145. The van der Waals surface area contributed by atoms with E-state index in [1.54, 1.807) is 6.92 Å². The number of ether oxygens (including phenoxy) is 1. The van der Waals surface area contributed by atoms with E-state index in [1.807, 2.05) is 0 Å². The van der Waals surface area contributed by atoms with E-state index < -0.39 is 5.97 Å². The summed E-state index contributed by atoms with van der Waals surface area (Å²) in [5, 5.41) is 1.99. The number of carbonyl (C=O) groups is 2. The average molecular weight is 345 g/mol. The smallest absolute Gasteiger partial charge is 0.313 e. The predicted octanol–water partition coefficient (Wildman–Crippen LogP) is 4.03. The standard InChI is InChI=1S/C19H23NO3S/c1-5-14-9-15-8-7-12(3)13(4)18(15)20-19(14)24-11-16(21)10-17(22)23-6-2/h7-9H,5-6,10-11H2,1-4H3. The van der Waals surface area contributed by atoms with Crippen molar-refractivity contribution in [3.63, 3.8) is 0 Å². The molecule has 0 fully saturated rings. The van der Waals surface area contributed by atoms with Gasteiger partial charge in [0.15, 0.2) is 5.78 Å². The number of hydrogen-bond donors (Lipinski definition) is 0. The molecule has 0 saturated carbocycles. The lowest BCUT2D eigenvalue weighted by Crippen LogP contribution is -2.13. The van der Waals surface area contributed by atoms with Gasteiger partial charge in [0.25, 0.3) is 0 Å². The quantitative estimate of drug-likeness (QED) is 0.431. The van der Waals surface area contributed by atoms with Gasteiger partial charge in [-0.15, -0.1) is 0 Å². The normalized spacial score (nSPS) is 10.8. The highest BCUT2D eigenvalue weighted by Gasteiger charge is 2.14. The van der Waals surface area contributed by atoms with E-state index in [2.05, 4.69) is 39.0 Å². The Labute approximate surface area is 147 Å². The minimum Gasteiger partial charge on any atom is -0.466 e. The zero-order valence-corrected chi connectivity index (χ0v) is 15.5. The van der Waals surface area contributed by atoms with E-state index >= 15 is 0 Å². The van der Waals surface area contributed by atoms with Gasteiger partial charge < -0.3 is 4.74 Å². The Morgan fingerprint density at radius 1 is 1.21 bits per heavy atom. The van der Waals surface area contributed by atoms with Crippen LogP contribution in [0.2, 0.25) is 0 Å². The van der Waals surface area contributed by atoms with Crippen molar-refractivity contribution in [1.29, 1.82) is 0 Å². The first kappa shape index (κ1) is 18.5. The van der Waals surface area contributed by atoms with Crippen molar-refractivity contribution < 1.29 is 14.3 Å². The molecule has 5 heteroatoms. The van der Waals surface area contributed by atoms with Crippen LogP contribution in [0.4, 0.5) is 0 Å². The summed E-state index contributed by atoms with van der Waals surface area (Å²) in [4.78, 5) is 28.1. The Kier molecular flexibility index (Phi) is 6.37. The van der Waals surface area contributed by atoms with Crippen molar-refractivity contribution >= 4 is 34.4 Å². The van der Waals surface area contributed by atoms with Gasteiger partial charge in [-0.3, -0.25) is 9.59 Å². The molecule has 0 aliphatic carbocycles. The number of Topliss-reactive ketones (excluding diaryl/α,β-unsaturated/α-hetero) is 1. The van der Waals surface area contributed by atoms with Crippen LogP contribution >= 0.6 is 11.8 Å². The number of pyridine rings is 1. The SMILES string of the molecule is CCOC(=O)CC(=O)CSc1nc2c(C)c(C)ccc2cc1CC. The fourth-order valence-corrected chi connectivity index (χ4v) is 3.41. The molecule has 24 heavy (non-hydrogen) atoms. The van der Waals surface area contributed by atoms with Gasteiger partial charge in [0.2, 0.25) is 0 Å². The highest BCUT2D eigenvalue weighted by molar-refractivity contribution is 8.00. The van der Waals surface area contributed by atoms with Gasteiger partial charge in [0.1, 0.15) is 11.4 Å². The van der Waals surface area contributed by atoms with Gasteiger partial charge in [-0.25, -0.2) is 4.98 Å². The molecule has 0 spiro atoms. The highest BCUT2D eigenvalue weighted by Crippen LogP contribution is 2.28. The van der Waals surface area contributed by atoms with E-state index in [9.17, 15) is 9.59 Å². The van der Waals surface area contributed by atoms with Crippen LogP contribution in [-0.4, -0.2) is 29.1 Å². The third-order valence-electron chi connectivity index (χ3n) is 3.95. The first-order chi connectivity index (χ1) is 11.5. The van der Waals surface area contributed by atoms with Crippen molar-refractivity contribution in [2.45, 2.75) is 45.6 Å². The molecule has 1 aromatic heterocycles. The Morgan fingerprint density at radius 2 is 1.96 bits per heavy atom. The molecule has 4 nitrogen and oxygen atoms in total. The molecule has 0 aliphatic rings. The number of carbonyl (C=O) groups excluding carboxylic acids is 2. The maximum atomic E-state index is 11.9. The summed E-state index contributed by atoms with van der Waals surface area (Å²) < 4.78 is 4.81. The van der Waals surface area contributed by atoms with Gasteiger partial charge in [-0.1, -0.05) is 30.8 Å². The summed E-state index contributed by atoms with van der Waals surface area (Å²) in [5.74, 6) is -0.366. The molecule has 0 unspecified atom stereocenters. The van der Waals surface area contributed by atoms with E-state index in [4.69, 9.17) is 9.72 Å². The van der Waals surface area contributed by atoms with Crippen LogP contribution in [0, 0.1) is 13.8 Å². The monoisotopic (exact) mass is 345 g/mol. The number of rotatable bonds is 7. The van der Waals surface area contributed by atoms with Crippen molar-refractivity contribution in [3.05, 3.63) is 34.9 Å². The maximum absolute atomic E-state index is 11.9.